The minimum atomic E-state index is -1.07. The van der Waals surface area contributed by atoms with Crippen molar-refractivity contribution in [1.29, 1.82) is 5.26 Å². The molecule has 0 saturated carbocycles. The number of carbonyl (C=O) groups is 4. The van der Waals surface area contributed by atoms with Crippen LogP contribution in [0.25, 0.3) is 0 Å². The number of carboxylic acid groups (broad SMARTS) is 1. The molecule has 0 fully saturated rings. The van der Waals surface area contributed by atoms with Crippen molar-refractivity contribution in [2.24, 2.45) is 0 Å². The summed E-state index contributed by atoms with van der Waals surface area (Å²) in [7, 11) is 0. The van der Waals surface area contributed by atoms with Crippen LogP contribution < -0.4 is 19.1 Å². The van der Waals surface area contributed by atoms with Crippen LogP contribution in [0.15, 0.2) is 65.7 Å². The smallest absolute Gasteiger partial charge is 0.344 e. The number of benzene rings is 3. The summed E-state index contributed by atoms with van der Waals surface area (Å²) >= 11 is 6.02. The molecule has 1 aliphatic heterocycles. The van der Waals surface area contributed by atoms with Gasteiger partial charge >= 0.3 is 11.9 Å². The lowest BCUT2D eigenvalue weighted by atomic mass is 9.93. The average Bonchev–Trinajstić information content (AvgIpc) is 3.37. The van der Waals surface area contributed by atoms with Crippen LogP contribution in [0.1, 0.15) is 64.4 Å². The van der Waals surface area contributed by atoms with E-state index in [1.54, 1.807) is 0 Å². The minimum absolute atomic E-state index is 0.000883. The zero-order valence-electron chi connectivity index (χ0n) is 27.9. The third-order valence-corrected chi connectivity index (χ3v) is 8.06. The van der Waals surface area contributed by atoms with Gasteiger partial charge in [0.25, 0.3) is 11.8 Å². The van der Waals surface area contributed by atoms with Crippen LogP contribution >= 0.6 is 11.6 Å². The Morgan fingerprint density at radius 2 is 1.59 bits per heavy atom. The van der Waals surface area contributed by atoms with Gasteiger partial charge in [0.05, 0.1) is 28.9 Å². The van der Waals surface area contributed by atoms with E-state index in [4.69, 9.17) is 40.9 Å². The molecule has 0 radical (unpaired) electrons. The van der Waals surface area contributed by atoms with Gasteiger partial charge in [-0.25, -0.2) is 23.3 Å². The predicted octanol–water partition coefficient (Wildman–Crippen LogP) is 7.68. The molecule has 1 N–H and O–H groups in total. The second-order valence-corrected chi connectivity index (χ2v) is 11.9. The van der Waals surface area contributed by atoms with Gasteiger partial charge < -0.3 is 24.1 Å². The molecular formula is C37H35ClF2N2O9. The fraction of sp³-hybridized carbons (Fsp3) is 0.324. The number of aliphatic carboxylic acids is 1. The van der Waals surface area contributed by atoms with Crippen molar-refractivity contribution in [2.75, 3.05) is 18.1 Å². The molecule has 2 aliphatic rings. The normalized spacial score (nSPS) is 14.2. The van der Waals surface area contributed by atoms with Crippen LogP contribution in [-0.4, -0.2) is 48.2 Å². The van der Waals surface area contributed by atoms with Gasteiger partial charge in [-0.05, 0) is 87.6 Å². The van der Waals surface area contributed by atoms with Crippen molar-refractivity contribution in [3.8, 4) is 29.1 Å². The first-order valence-electron chi connectivity index (χ1n) is 16.2. The summed E-state index contributed by atoms with van der Waals surface area (Å²) in [5.74, 6) is -3.40. The summed E-state index contributed by atoms with van der Waals surface area (Å²) < 4.78 is 49.2. The molecule has 0 unspecified atom stereocenters. The Hall–Kier alpha value is -5.48. The number of carbonyl (C=O) groups excluding carboxylic acids is 3. The van der Waals surface area contributed by atoms with E-state index in [0.717, 1.165) is 49.1 Å². The highest BCUT2D eigenvalue weighted by atomic mass is 35.5. The third-order valence-electron chi connectivity index (χ3n) is 7.76. The minimum Gasteiger partial charge on any atom is -0.480 e. The molecule has 0 spiro atoms. The lowest BCUT2D eigenvalue weighted by molar-refractivity contribution is -0.146. The summed E-state index contributed by atoms with van der Waals surface area (Å²) in [5.41, 5.74) is 0.879. The Balaban J connectivity index is 0.000000238. The maximum absolute atomic E-state index is 14.5. The summed E-state index contributed by atoms with van der Waals surface area (Å²) in [6.07, 6.45) is 4.43. The molecule has 0 aromatic heterocycles. The highest BCUT2D eigenvalue weighted by Crippen LogP contribution is 2.39. The highest BCUT2D eigenvalue weighted by Gasteiger charge is 2.41. The number of hydrogen-bond acceptors (Lipinski definition) is 9. The van der Waals surface area contributed by atoms with Gasteiger partial charge in [-0.3, -0.25) is 9.59 Å². The Morgan fingerprint density at radius 1 is 0.941 bits per heavy atom. The number of halogens is 3. The Kier molecular flexibility index (Phi) is 13.5. The van der Waals surface area contributed by atoms with Crippen molar-refractivity contribution >= 4 is 41.0 Å². The molecule has 1 aliphatic carbocycles. The van der Waals surface area contributed by atoms with E-state index in [9.17, 15) is 28.0 Å². The zero-order chi connectivity index (χ0) is 37.1. The number of unbranched alkanes of at least 4 members (excludes halogenated alkanes) is 2. The van der Waals surface area contributed by atoms with E-state index >= 15 is 0 Å². The van der Waals surface area contributed by atoms with Crippen LogP contribution in [-0.2, 0) is 23.9 Å². The Bertz CT molecular complexity index is 1830. The molecule has 268 valence electrons. The lowest BCUT2D eigenvalue weighted by Crippen LogP contribution is -2.32. The first-order valence-corrected chi connectivity index (χ1v) is 16.6. The van der Waals surface area contributed by atoms with E-state index in [0.29, 0.717) is 42.1 Å². The molecule has 1 heterocycles. The molecule has 11 nitrogen and oxygen atoms in total. The summed E-state index contributed by atoms with van der Waals surface area (Å²) in [6.45, 7) is 3.35. The number of imide groups is 1. The first kappa shape index (κ1) is 38.3. The molecule has 1 atom stereocenters. The monoisotopic (exact) mass is 724 g/mol. The highest BCUT2D eigenvalue weighted by molar-refractivity contribution is 6.34. The van der Waals surface area contributed by atoms with Gasteiger partial charge in [-0.15, -0.1) is 0 Å². The molecule has 0 saturated heterocycles. The number of amides is 2. The van der Waals surface area contributed by atoms with E-state index in [-0.39, 0.29) is 27.8 Å². The Labute approximate surface area is 297 Å². The van der Waals surface area contributed by atoms with E-state index in [2.05, 4.69) is 0 Å². The standard InChI is InChI=1S/C21H23ClFNO5.C16H12FNO4/c1-2-3-6-9-28-19(25)12-29-18-11-17(16(23)10-15(18)22)24-20(26)13-7-4-5-8-14(13)21(24)27;1-10(16(19)20)21-12-3-5-13(6-4-12)22-15-7-2-11(9-18)8-14(15)17/h10-11H,2-9,12H2,1H3;2-8,10H,1H3,(H,19,20)/t;10-/m.1/s1. The molecule has 14 heteroatoms. The van der Waals surface area contributed by atoms with Crippen molar-refractivity contribution < 1.29 is 52.0 Å². The van der Waals surface area contributed by atoms with Crippen LogP contribution in [0.3, 0.4) is 0 Å². The third kappa shape index (κ3) is 10.0. The number of ether oxygens (including phenoxy) is 4. The van der Waals surface area contributed by atoms with E-state index < -0.39 is 48.1 Å². The van der Waals surface area contributed by atoms with E-state index in [1.165, 1.54) is 49.4 Å². The number of esters is 1. The number of anilines is 1. The summed E-state index contributed by atoms with van der Waals surface area (Å²) in [6, 6.07) is 14.0. The fourth-order valence-electron chi connectivity index (χ4n) is 5.10. The number of carboxylic acids is 1. The van der Waals surface area contributed by atoms with Crippen molar-refractivity contribution in [1.82, 2.24) is 0 Å². The maximum Gasteiger partial charge on any atom is 0.344 e. The van der Waals surface area contributed by atoms with Crippen molar-refractivity contribution in [2.45, 2.75) is 64.9 Å². The average molecular weight is 725 g/mol. The van der Waals surface area contributed by atoms with Gasteiger partial charge in [-0.2, -0.15) is 5.26 Å². The predicted molar refractivity (Wildman–Crippen MR) is 181 cm³/mol. The summed E-state index contributed by atoms with van der Waals surface area (Å²) in [4.78, 5) is 48.6. The molecule has 5 rings (SSSR count). The second-order valence-electron chi connectivity index (χ2n) is 11.5. The topological polar surface area (TPSA) is 152 Å². The van der Waals surface area contributed by atoms with Gasteiger partial charge in [0.1, 0.15) is 23.1 Å². The van der Waals surface area contributed by atoms with Crippen molar-refractivity contribution in [3.05, 3.63) is 88.0 Å². The van der Waals surface area contributed by atoms with Crippen LogP contribution in [0.4, 0.5) is 14.5 Å². The molecule has 3 aromatic carbocycles. The number of hydrogen-bond donors (Lipinski definition) is 1. The van der Waals surface area contributed by atoms with Gasteiger partial charge in [0, 0.05) is 17.2 Å². The number of rotatable bonds is 13. The number of nitrogens with zero attached hydrogens (tertiary/aromatic N) is 2. The molecule has 51 heavy (non-hydrogen) atoms. The van der Waals surface area contributed by atoms with Crippen LogP contribution in [0, 0.1) is 23.0 Å². The quantitative estimate of drug-likeness (QED) is 0.106. The first-order chi connectivity index (χ1) is 24.4. The van der Waals surface area contributed by atoms with Gasteiger partial charge in [0.2, 0.25) is 0 Å². The second kappa shape index (κ2) is 18.0. The van der Waals surface area contributed by atoms with E-state index in [1.807, 2.05) is 13.0 Å². The zero-order valence-corrected chi connectivity index (χ0v) is 28.6. The van der Waals surface area contributed by atoms with Gasteiger partial charge in [-0.1, -0.05) is 31.4 Å². The molecule has 2 amide bonds. The maximum atomic E-state index is 14.5. The fourth-order valence-corrected chi connectivity index (χ4v) is 5.30. The van der Waals surface area contributed by atoms with Crippen LogP contribution in [0.2, 0.25) is 5.02 Å². The van der Waals surface area contributed by atoms with Crippen LogP contribution in [0.5, 0.6) is 23.0 Å². The Morgan fingerprint density at radius 3 is 2.18 bits per heavy atom. The lowest BCUT2D eigenvalue weighted by Gasteiger charge is -2.18. The van der Waals surface area contributed by atoms with Gasteiger partial charge in [0.15, 0.2) is 24.3 Å². The largest absolute Gasteiger partial charge is 0.480 e. The van der Waals surface area contributed by atoms with Crippen molar-refractivity contribution in [3.63, 3.8) is 0 Å². The molecule has 0 bridgehead atoms. The SMILES string of the molecule is CCCCCOC(=O)COc1cc(N2C(=O)C3=C(CCCC3)C2=O)c(F)cc1Cl.C[C@@H](Oc1ccc(Oc2ccc(C#N)cc2F)cc1)C(=O)O. The molecule has 3 aromatic rings. The molecular weight excluding hydrogens is 690 g/mol. The number of nitriles is 1. The summed E-state index contributed by atoms with van der Waals surface area (Å²) in [5, 5.41) is 17.4.